The van der Waals surface area contributed by atoms with E-state index in [1.165, 1.54) is 5.56 Å². The number of rotatable bonds is 2. The summed E-state index contributed by atoms with van der Waals surface area (Å²) in [4.78, 5) is 0. The Morgan fingerprint density at radius 1 is 0.933 bits per heavy atom. The Labute approximate surface area is 102 Å². The van der Waals surface area contributed by atoms with Crippen LogP contribution in [0.1, 0.15) is 14.8 Å². The van der Waals surface area contributed by atoms with Crippen LogP contribution in [-0.2, 0) is 23.2 Å². The molecule has 0 radical (unpaired) electrons. The van der Waals surface area contributed by atoms with Crippen molar-refractivity contribution < 1.29 is 23.2 Å². The Morgan fingerprint density at radius 3 is 2.60 bits per heavy atom. The molecule has 0 amide bonds. The topological polar surface area (TPSA) is 0 Å². The molecule has 2 aliphatic rings. The predicted molar refractivity (Wildman–Crippen MR) is 60.2 cm³/mol. The molecule has 1 aromatic carbocycles. The number of allylic oxidation sites excluding steroid dienone is 5. The van der Waals surface area contributed by atoms with E-state index < -0.39 is 23.2 Å². The van der Waals surface area contributed by atoms with Crippen molar-refractivity contribution in [3.05, 3.63) is 65.8 Å². The average molecular weight is 271 g/mol. The minimum atomic E-state index is -0.399. The summed E-state index contributed by atoms with van der Waals surface area (Å²) in [6.07, 6.45) is 13.8. The van der Waals surface area contributed by atoms with Crippen LogP contribution in [-0.4, -0.2) is 0 Å². The summed E-state index contributed by atoms with van der Waals surface area (Å²) in [6, 6.07) is 8.82. The van der Waals surface area contributed by atoms with Gasteiger partial charge in [0.1, 0.15) is 0 Å². The molecule has 3 rings (SSSR count). The first kappa shape index (κ1) is 9.54. The number of hydrogen-bond acceptors (Lipinski definition) is 0. The first-order valence-electron chi connectivity index (χ1n) is 5.32. The fraction of sp³-hybridized carbons (Fsp3) is 0.143. The number of fused-ring (bicyclic) bond motifs is 1. The maximum absolute atomic E-state index is 2.41. The Bertz CT molecular complexity index is 442. The molecule has 0 aliphatic heterocycles. The molecule has 0 aromatic heterocycles. The summed E-state index contributed by atoms with van der Waals surface area (Å²) in [7, 11) is 0. The van der Waals surface area contributed by atoms with E-state index in [2.05, 4.69) is 60.7 Å². The zero-order valence-electron chi connectivity index (χ0n) is 8.43. The van der Waals surface area contributed by atoms with Gasteiger partial charge in [-0.2, -0.15) is 0 Å². The van der Waals surface area contributed by atoms with Gasteiger partial charge in [-0.25, -0.2) is 0 Å². The Kier molecular flexibility index (Phi) is 2.58. The monoisotopic (exact) mass is 270 g/mol. The summed E-state index contributed by atoms with van der Waals surface area (Å²) >= 11 is -0.399. The number of hydrogen-bond donors (Lipinski definition) is 0. The second kappa shape index (κ2) is 4.06. The van der Waals surface area contributed by atoms with Gasteiger partial charge >= 0.3 is 102 Å². The van der Waals surface area contributed by atoms with Crippen LogP contribution in [0.2, 0.25) is 3.63 Å². The van der Waals surface area contributed by atoms with Gasteiger partial charge < -0.3 is 0 Å². The Balaban J connectivity index is 1.82. The van der Waals surface area contributed by atoms with Crippen LogP contribution < -0.4 is 0 Å². The molecule has 15 heavy (non-hydrogen) atoms. The molecular formula is C14H12Zr. The van der Waals surface area contributed by atoms with E-state index in [9.17, 15) is 0 Å². The molecule has 1 atom stereocenters. The molecule has 1 unspecified atom stereocenters. The van der Waals surface area contributed by atoms with Crippen LogP contribution in [0.3, 0.4) is 0 Å². The fourth-order valence-electron chi connectivity index (χ4n) is 2.15. The fourth-order valence-corrected chi connectivity index (χ4v) is 5.85. The van der Waals surface area contributed by atoms with Gasteiger partial charge in [-0.3, -0.25) is 0 Å². The molecule has 0 nitrogen and oxygen atoms in total. The summed E-state index contributed by atoms with van der Waals surface area (Å²) in [5, 5.41) is 0. The maximum atomic E-state index is 2.41. The van der Waals surface area contributed by atoms with Crippen LogP contribution in [0, 0.1) is 0 Å². The molecule has 0 saturated heterocycles. The van der Waals surface area contributed by atoms with Gasteiger partial charge in [0, 0.05) is 0 Å². The first-order chi connectivity index (χ1) is 7.43. The van der Waals surface area contributed by atoms with E-state index in [-0.39, 0.29) is 0 Å². The molecule has 1 heteroatoms. The van der Waals surface area contributed by atoms with Crippen molar-refractivity contribution in [1.29, 1.82) is 0 Å². The zero-order valence-corrected chi connectivity index (χ0v) is 10.9. The van der Waals surface area contributed by atoms with E-state index in [1.54, 1.807) is 5.56 Å². The van der Waals surface area contributed by atoms with E-state index in [1.807, 2.05) is 0 Å². The van der Waals surface area contributed by atoms with Crippen molar-refractivity contribution in [2.24, 2.45) is 0 Å². The molecular weight excluding hydrogens is 259 g/mol. The van der Waals surface area contributed by atoms with Crippen molar-refractivity contribution in [2.45, 2.75) is 7.25 Å². The van der Waals surface area contributed by atoms with Gasteiger partial charge in [0.15, 0.2) is 0 Å². The van der Waals surface area contributed by atoms with E-state index in [0.717, 1.165) is 7.25 Å². The Hall–Kier alpha value is -0.677. The summed E-state index contributed by atoms with van der Waals surface area (Å²) in [6.45, 7) is 0. The summed E-state index contributed by atoms with van der Waals surface area (Å²) < 4.78 is 1.58. The van der Waals surface area contributed by atoms with E-state index in [4.69, 9.17) is 0 Å². The van der Waals surface area contributed by atoms with Crippen LogP contribution >= 0.6 is 0 Å². The molecule has 0 spiro atoms. The van der Waals surface area contributed by atoms with Crippen molar-refractivity contribution in [2.75, 3.05) is 0 Å². The molecule has 72 valence electrons. The third-order valence-corrected chi connectivity index (χ3v) is 6.93. The van der Waals surface area contributed by atoms with E-state index in [0.29, 0.717) is 0 Å². The molecule has 0 heterocycles. The van der Waals surface area contributed by atoms with Crippen LogP contribution in [0.15, 0.2) is 54.6 Å². The first-order valence-corrected chi connectivity index (χ1v) is 8.15. The third-order valence-electron chi connectivity index (χ3n) is 2.92. The predicted octanol–water partition coefficient (Wildman–Crippen LogP) is 3.75. The quantitative estimate of drug-likeness (QED) is 0.768. The SMILES string of the molecule is C1=C[CH]([Zr][CH]2C=Cc3ccccc32)C=C1. The number of benzene rings is 1. The van der Waals surface area contributed by atoms with Gasteiger partial charge in [-0.15, -0.1) is 0 Å². The average Bonchev–Trinajstić information content (AvgIpc) is 2.89. The van der Waals surface area contributed by atoms with Crippen molar-refractivity contribution in [3.63, 3.8) is 0 Å². The van der Waals surface area contributed by atoms with Crippen LogP contribution in [0.4, 0.5) is 0 Å². The molecule has 0 saturated carbocycles. The van der Waals surface area contributed by atoms with Gasteiger partial charge in [0.05, 0.1) is 0 Å². The second-order valence-electron chi connectivity index (χ2n) is 3.93. The third kappa shape index (κ3) is 1.86. The van der Waals surface area contributed by atoms with Gasteiger partial charge in [-0.05, 0) is 0 Å². The minimum absolute atomic E-state index is 0.399. The second-order valence-corrected chi connectivity index (χ2v) is 7.91. The van der Waals surface area contributed by atoms with Crippen molar-refractivity contribution in [1.82, 2.24) is 0 Å². The summed E-state index contributed by atoms with van der Waals surface area (Å²) in [5.74, 6) is 0. The van der Waals surface area contributed by atoms with Gasteiger partial charge in [0.2, 0.25) is 0 Å². The normalized spacial score (nSPS) is 22.3. The standard InChI is InChI=1S/C9H7.C5H5.Zr/c1-2-5-9-7-3-6-8(9)4-1;1-2-4-5-3-1;/h1-7H;1-5H;. The molecule has 0 fully saturated rings. The molecule has 2 aliphatic carbocycles. The van der Waals surface area contributed by atoms with E-state index >= 15 is 0 Å². The van der Waals surface area contributed by atoms with Crippen LogP contribution in [0.5, 0.6) is 0 Å². The van der Waals surface area contributed by atoms with Gasteiger partial charge in [0.25, 0.3) is 0 Å². The van der Waals surface area contributed by atoms with Crippen molar-refractivity contribution >= 4 is 6.08 Å². The zero-order chi connectivity index (χ0) is 10.1. The van der Waals surface area contributed by atoms with Crippen molar-refractivity contribution in [3.8, 4) is 0 Å². The summed E-state index contributed by atoms with van der Waals surface area (Å²) in [5.41, 5.74) is 3.01. The molecule has 1 aromatic rings. The Morgan fingerprint density at radius 2 is 1.73 bits per heavy atom. The molecule has 0 bridgehead atoms. The molecule has 0 N–H and O–H groups in total. The van der Waals surface area contributed by atoms with Crippen LogP contribution in [0.25, 0.3) is 6.08 Å². The van der Waals surface area contributed by atoms with Gasteiger partial charge in [-0.1, -0.05) is 0 Å².